The normalized spacial score (nSPS) is 18.8. The van der Waals surface area contributed by atoms with Crippen LogP contribution in [0.4, 0.5) is 0 Å². The van der Waals surface area contributed by atoms with E-state index in [4.69, 9.17) is 9.05 Å². The van der Waals surface area contributed by atoms with Crippen LogP contribution in [-0.4, -0.2) is 30.2 Å². The van der Waals surface area contributed by atoms with E-state index in [9.17, 15) is 9.13 Å². The Kier molecular flexibility index (Phi) is 11.9. The molecular formula is C17H39O4P3. The number of hydrogen-bond acceptors (Lipinski definition) is 4. The van der Waals surface area contributed by atoms with Crippen LogP contribution in [-0.2, 0) is 18.2 Å². The fourth-order valence-electron chi connectivity index (χ4n) is 2.39. The summed E-state index contributed by atoms with van der Waals surface area (Å²) >= 11 is 0. The smallest absolute Gasteiger partial charge is 0.234 e. The maximum absolute atomic E-state index is 13.9. The van der Waals surface area contributed by atoms with E-state index in [0.29, 0.717) is 13.2 Å². The topological polar surface area (TPSA) is 52.6 Å². The number of hydrogen-bond donors (Lipinski definition) is 0. The molecule has 0 aromatic carbocycles. The molecule has 0 rings (SSSR count). The lowest BCUT2D eigenvalue weighted by molar-refractivity contribution is 0.308. The summed E-state index contributed by atoms with van der Waals surface area (Å²) in [6.07, 6.45) is 3.74. The molecule has 24 heavy (non-hydrogen) atoms. The maximum atomic E-state index is 13.9. The average Bonchev–Trinajstić information content (AvgIpc) is 2.47. The average molecular weight is 400 g/mol. The Hall–Kier alpha value is 0.810. The molecule has 0 N–H and O–H groups in total. The largest absolute Gasteiger partial charge is 0.325 e. The molecule has 0 aliphatic heterocycles. The second kappa shape index (κ2) is 11.5. The van der Waals surface area contributed by atoms with E-state index >= 15 is 0 Å². The van der Waals surface area contributed by atoms with Gasteiger partial charge >= 0.3 is 0 Å². The van der Waals surface area contributed by atoms with Crippen molar-refractivity contribution in [2.24, 2.45) is 0 Å². The Balaban J connectivity index is 5.80. The summed E-state index contributed by atoms with van der Waals surface area (Å²) in [5, 5.41) is 0. The molecule has 0 radical (unpaired) electrons. The van der Waals surface area contributed by atoms with Crippen LogP contribution < -0.4 is 0 Å². The highest BCUT2D eigenvalue weighted by Crippen LogP contribution is 2.98. The molecule has 4 nitrogen and oxygen atoms in total. The summed E-state index contributed by atoms with van der Waals surface area (Å²) in [6.45, 7) is 16.9. The van der Waals surface area contributed by atoms with Crippen molar-refractivity contribution < 1.29 is 18.2 Å². The van der Waals surface area contributed by atoms with E-state index in [-0.39, 0.29) is 17.0 Å². The van der Waals surface area contributed by atoms with Crippen molar-refractivity contribution in [2.75, 3.05) is 13.2 Å². The summed E-state index contributed by atoms with van der Waals surface area (Å²) in [5.74, 6) is 0. The predicted octanol–water partition coefficient (Wildman–Crippen LogP) is 7.71. The number of rotatable bonds is 13. The minimum atomic E-state index is -3.03. The van der Waals surface area contributed by atoms with Gasteiger partial charge in [0.05, 0.1) is 20.5 Å². The molecule has 0 saturated carbocycles. The van der Waals surface area contributed by atoms with Gasteiger partial charge in [-0.2, -0.15) is 0 Å². The Labute approximate surface area is 151 Å². The van der Waals surface area contributed by atoms with Gasteiger partial charge in [0.25, 0.3) is 0 Å². The Morgan fingerprint density at radius 1 is 0.750 bits per heavy atom. The van der Waals surface area contributed by atoms with Gasteiger partial charge in [-0.1, -0.05) is 68.2 Å². The summed E-state index contributed by atoms with van der Waals surface area (Å²) in [5.41, 5.74) is -0.223. The Morgan fingerprint density at radius 3 is 1.29 bits per heavy atom. The van der Waals surface area contributed by atoms with Crippen LogP contribution >= 0.6 is 21.4 Å². The molecule has 0 saturated heterocycles. The lowest BCUT2D eigenvalue weighted by Crippen LogP contribution is -2.12. The van der Waals surface area contributed by atoms with Gasteiger partial charge in [-0.25, -0.2) is 0 Å². The SMILES string of the molecule is CCCCOP(=O)(C(C)C)P(C(C)C)P(=O)(OCCCC)C(C)C. The van der Waals surface area contributed by atoms with E-state index in [1.54, 1.807) is 0 Å². The minimum Gasteiger partial charge on any atom is -0.325 e. The molecule has 0 aliphatic carbocycles. The molecule has 0 spiro atoms. The van der Waals surface area contributed by atoms with Gasteiger partial charge in [-0.05, 0) is 18.5 Å². The molecule has 7 heteroatoms. The zero-order valence-electron chi connectivity index (χ0n) is 16.9. The fraction of sp³-hybridized carbons (Fsp3) is 1.00. The van der Waals surface area contributed by atoms with E-state index in [1.807, 2.05) is 41.5 Å². The summed E-state index contributed by atoms with van der Waals surface area (Å²) in [7, 11) is -7.43. The summed E-state index contributed by atoms with van der Waals surface area (Å²) in [4.78, 5) is 0. The van der Waals surface area contributed by atoms with Crippen molar-refractivity contribution in [1.82, 2.24) is 0 Å². The molecule has 2 atom stereocenters. The Morgan fingerprint density at radius 2 is 1.08 bits per heavy atom. The zero-order chi connectivity index (χ0) is 19.0. The highest BCUT2D eigenvalue weighted by Gasteiger charge is 2.52. The first kappa shape index (κ1) is 24.8. The molecule has 0 heterocycles. The molecule has 146 valence electrons. The molecule has 0 aliphatic rings. The third kappa shape index (κ3) is 6.51. The second-order valence-corrected chi connectivity index (χ2v) is 20.5. The van der Waals surface area contributed by atoms with Crippen LogP contribution in [0.3, 0.4) is 0 Å². The van der Waals surface area contributed by atoms with Crippen molar-refractivity contribution >= 4 is 21.4 Å². The van der Waals surface area contributed by atoms with Crippen molar-refractivity contribution in [2.45, 2.75) is 98.1 Å². The molecule has 0 aromatic heterocycles. The highest BCUT2D eigenvalue weighted by molar-refractivity contribution is 8.62. The van der Waals surface area contributed by atoms with Gasteiger partial charge in [0.1, 0.15) is 0 Å². The van der Waals surface area contributed by atoms with Crippen LogP contribution in [0.2, 0.25) is 0 Å². The van der Waals surface area contributed by atoms with Crippen molar-refractivity contribution in [3.63, 3.8) is 0 Å². The standard InChI is InChI=1S/C17H39O4P3/c1-9-11-13-20-23(18,16(5)6)22(15(3)4)24(19,17(7)8)21-14-12-10-2/h15-17H,9-14H2,1-8H3. The quantitative estimate of drug-likeness (QED) is 0.235. The van der Waals surface area contributed by atoms with Gasteiger partial charge in [0.15, 0.2) is 0 Å². The van der Waals surface area contributed by atoms with Gasteiger partial charge < -0.3 is 9.05 Å². The monoisotopic (exact) mass is 400 g/mol. The third-order valence-electron chi connectivity index (χ3n) is 3.89. The first-order valence-corrected chi connectivity index (χ1v) is 15.6. The van der Waals surface area contributed by atoms with Crippen LogP contribution in [0.5, 0.6) is 0 Å². The lowest BCUT2D eigenvalue weighted by atomic mass is 10.4. The molecule has 0 aromatic rings. The van der Waals surface area contributed by atoms with Crippen LogP contribution in [0.1, 0.15) is 81.1 Å². The molecule has 2 unspecified atom stereocenters. The summed E-state index contributed by atoms with van der Waals surface area (Å²) in [6, 6.07) is 0. The lowest BCUT2D eigenvalue weighted by Gasteiger charge is -2.39. The predicted molar refractivity (Wildman–Crippen MR) is 109 cm³/mol. The van der Waals surface area contributed by atoms with Gasteiger partial charge in [0, 0.05) is 11.3 Å². The molecule has 0 bridgehead atoms. The Bertz CT molecular complexity index is 400. The third-order valence-corrected chi connectivity index (χ3v) is 23.8. The van der Waals surface area contributed by atoms with Crippen LogP contribution in [0.25, 0.3) is 0 Å². The van der Waals surface area contributed by atoms with E-state index < -0.39 is 21.4 Å². The highest BCUT2D eigenvalue weighted by atomic mass is 32.5. The van der Waals surface area contributed by atoms with Crippen molar-refractivity contribution in [1.29, 1.82) is 0 Å². The number of unbranched alkanes of at least 4 members (excludes halogenated alkanes) is 2. The first-order chi connectivity index (χ1) is 11.1. The van der Waals surface area contributed by atoms with E-state index in [2.05, 4.69) is 13.8 Å². The van der Waals surface area contributed by atoms with Crippen molar-refractivity contribution in [3.8, 4) is 0 Å². The minimum absolute atomic E-state index is 0.0460. The van der Waals surface area contributed by atoms with E-state index in [0.717, 1.165) is 25.7 Å². The maximum Gasteiger partial charge on any atom is 0.234 e. The zero-order valence-corrected chi connectivity index (χ0v) is 19.6. The van der Waals surface area contributed by atoms with Crippen LogP contribution in [0, 0.1) is 0 Å². The first-order valence-electron chi connectivity index (χ1n) is 9.36. The van der Waals surface area contributed by atoms with Gasteiger partial charge in [0.2, 0.25) is 14.1 Å². The molecule has 0 amide bonds. The van der Waals surface area contributed by atoms with E-state index in [1.165, 1.54) is 0 Å². The molecule has 0 fully saturated rings. The van der Waals surface area contributed by atoms with Crippen LogP contribution in [0.15, 0.2) is 0 Å². The van der Waals surface area contributed by atoms with Gasteiger partial charge in [-0.15, -0.1) is 0 Å². The second-order valence-electron chi connectivity index (χ2n) is 7.10. The fourth-order valence-corrected chi connectivity index (χ4v) is 23.3. The van der Waals surface area contributed by atoms with Gasteiger partial charge in [-0.3, -0.25) is 9.13 Å². The van der Waals surface area contributed by atoms with Crippen molar-refractivity contribution in [3.05, 3.63) is 0 Å². The summed E-state index contributed by atoms with van der Waals surface area (Å²) < 4.78 is 39.7. The molecular weight excluding hydrogens is 361 g/mol.